The zero-order valence-corrected chi connectivity index (χ0v) is 10.3. The Morgan fingerprint density at radius 2 is 1.93 bits per heavy atom. The molecule has 0 aliphatic heterocycles. The molecule has 0 atom stereocenters. The van der Waals surface area contributed by atoms with Gasteiger partial charge in [0.1, 0.15) is 0 Å². The quantitative estimate of drug-likeness (QED) is 0.798. The van der Waals surface area contributed by atoms with Gasteiger partial charge in [-0.05, 0) is 36.7 Å². The summed E-state index contributed by atoms with van der Waals surface area (Å²) in [6.07, 6.45) is 1.72. The summed E-state index contributed by atoms with van der Waals surface area (Å²) in [7, 11) is 0. The molecule has 2 aromatic heterocycles. The second-order valence-corrected chi connectivity index (χ2v) is 4.20. The van der Waals surface area contributed by atoms with Crippen LogP contribution in [0.1, 0.15) is 17.0 Å². The van der Waals surface area contributed by atoms with Gasteiger partial charge in [-0.15, -0.1) is 0 Å². The van der Waals surface area contributed by atoms with E-state index in [1.807, 2.05) is 20.8 Å². The van der Waals surface area contributed by atoms with Crippen LogP contribution in [0.5, 0.6) is 0 Å². The van der Waals surface area contributed by atoms with E-state index in [1.165, 1.54) is 0 Å². The first-order valence-corrected chi connectivity index (χ1v) is 5.31. The lowest BCUT2D eigenvalue weighted by Gasteiger charge is -1.99. The second-order valence-electron chi connectivity index (χ2n) is 3.35. The number of aromatic nitrogens is 3. The molecule has 2 heterocycles. The fraction of sp³-hybridized carbons (Fsp3) is 0.300. The van der Waals surface area contributed by atoms with Gasteiger partial charge in [-0.3, -0.25) is 0 Å². The van der Waals surface area contributed by atoms with Gasteiger partial charge in [-0.1, -0.05) is 5.16 Å². The van der Waals surface area contributed by atoms with Crippen LogP contribution in [0.4, 0.5) is 0 Å². The lowest BCUT2D eigenvalue weighted by Crippen LogP contribution is -1.92. The van der Waals surface area contributed by atoms with Crippen LogP contribution >= 0.6 is 15.9 Å². The first kappa shape index (κ1) is 10.3. The molecule has 0 spiro atoms. The Kier molecular flexibility index (Phi) is 2.56. The van der Waals surface area contributed by atoms with Crippen LogP contribution in [0.25, 0.3) is 11.6 Å². The predicted octanol–water partition coefficient (Wildman–Crippen LogP) is 2.82. The molecule has 2 aromatic rings. The van der Waals surface area contributed by atoms with Crippen LogP contribution in [0.2, 0.25) is 0 Å². The highest BCUT2D eigenvalue weighted by Gasteiger charge is 2.14. The summed E-state index contributed by atoms with van der Waals surface area (Å²) in [6.45, 7) is 5.75. The number of hydrogen-bond donors (Lipinski definition) is 0. The summed E-state index contributed by atoms with van der Waals surface area (Å²) in [5, 5.41) is 3.88. The number of rotatable bonds is 1. The van der Waals surface area contributed by atoms with Crippen LogP contribution in [0, 0.1) is 20.8 Å². The van der Waals surface area contributed by atoms with Crippen molar-refractivity contribution in [3.8, 4) is 11.6 Å². The number of hydrogen-bond acceptors (Lipinski definition) is 4. The highest BCUT2D eigenvalue weighted by atomic mass is 79.9. The summed E-state index contributed by atoms with van der Waals surface area (Å²) >= 11 is 3.35. The Morgan fingerprint density at radius 1 is 1.20 bits per heavy atom. The van der Waals surface area contributed by atoms with Gasteiger partial charge in [-0.2, -0.15) is 0 Å². The van der Waals surface area contributed by atoms with Crippen molar-refractivity contribution in [2.75, 3.05) is 0 Å². The molecule has 0 fully saturated rings. The molecule has 0 aliphatic rings. The van der Waals surface area contributed by atoms with E-state index in [9.17, 15) is 0 Å². The Morgan fingerprint density at radius 3 is 2.47 bits per heavy atom. The van der Waals surface area contributed by atoms with Gasteiger partial charge in [-0.25, -0.2) is 9.97 Å². The first-order chi connectivity index (χ1) is 7.09. The van der Waals surface area contributed by atoms with E-state index in [4.69, 9.17) is 4.52 Å². The van der Waals surface area contributed by atoms with Crippen molar-refractivity contribution in [1.29, 1.82) is 0 Å². The lowest BCUT2D eigenvalue weighted by molar-refractivity contribution is 0.424. The Bertz CT molecular complexity index is 507. The lowest BCUT2D eigenvalue weighted by atomic mass is 10.2. The van der Waals surface area contributed by atoms with Gasteiger partial charge in [0.2, 0.25) is 5.76 Å². The minimum absolute atomic E-state index is 0.578. The van der Waals surface area contributed by atoms with E-state index in [0.29, 0.717) is 11.6 Å². The van der Waals surface area contributed by atoms with Crippen molar-refractivity contribution >= 4 is 15.9 Å². The number of nitrogens with zero attached hydrogens (tertiary/aromatic N) is 3. The third-order valence-electron chi connectivity index (χ3n) is 2.28. The van der Waals surface area contributed by atoms with Crippen molar-refractivity contribution in [3.05, 3.63) is 27.6 Å². The molecule has 2 rings (SSSR count). The summed E-state index contributed by atoms with van der Waals surface area (Å²) in [5.41, 5.74) is 2.74. The predicted molar refractivity (Wildman–Crippen MR) is 59.4 cm³/mol. The van der Waals surface area contributed by atoms with E-state index < -0.39 is 0 Å². The average molecular weight is 268 g/mol. The molecular weight excluding hydrogens is 258 g/mol. The van der Waals surface area contributed by atoms with Crippen molar-refractivity contribution in [3.63, 3.8) is 0 Å². The summed E-state index contributed by atoms with van der Waals surface area (Å²) in [6, 6.07) is 0. The van der Waals surface area contributed by atoms with Gasteiger partial charge < -0.3 is 4.52 Å². The highest BCUT2D eigenvalue weighted by molar-refractivity contribution is 9.10. The molecule has 0 saturated carbocycles. The van der Waals surface area contributed by atoms with Crippen molar-refractivity contribution < 1.29 is 4.52 Å². The molecule has 0 amide bonds. The standard InChI is InChI=1S/C10H10BrN3O/c1-5-6(2)14-15-9(5)10-12-4-8(11)7(3)13-10/h4H,1-3H3. The zero-order chi connectivity index (χ0) is 11.0. The molecule has 0 N–H and O–H groups in total. The van der Waals surface area contributed by atoms with E-state index >= 15 is 0 Å². The maximum atomic E-state index is 5.19. The van der Waals surface area contributed by atoms with Crippen LogP contribution < -0.4 is 0 Å². The van der Waals surface area contributed by atoms with Gasteiger partial charge in [0, 0.05) is 11.8 Å². The molecule has 0 aromatic carbocycles. The maximum Gasteiger partial charge on any atom is 0.207 e. The second kappa shape index (κ2) is 3.73. The topological polar surface area (TPSA) is 51.8 Å². The summed E-state index contributed by atoms with van der Waals surface area (Å²) < 4.78 is 6.07. The van der Waals surface area contributed by atoms with Crippen LogP contribution in [-0.2, 0) is 0 Å². The van der Waals surface area contributed by atoms with Crippen molar-refractivity contribution in [1.82, 2.24) is 15.1 Å². The Labute approximate surface area is 95.9 Å². The minimum atomic E-state index is 0.578. The molecule has 0 saturated heterocycles. The van der Waals surface area contributed by atoms with Crippen LogP contribution in [0.3, 0.4) is 0 Å². The molecule has 15 heavy (non-hydrogen) atoms. The Balaban J connectivity index is 2.55. The normalized spacial score (nSPS) is 10.7. The SMILES string of the molecule is Cc1nc(-c2onc(C)c2C)ncc1Br. The van der Waals surface area contributed by atoms with E-state index in [-0.39, 0.29) is 0 Å². The molecule has 0 aliphatic carbocycles. The molecule has 0 unspecified atom stereocenters. The Hall–Kier alpha value is -1.23. The molecule has 78 valence electrons. The van der Waals surface area contributed by atoms with Gasteiger partial charge >= 0.3 is 0 Å². The third-order valence-corrected chi connectivity index (χ3v) is 3.06. The fourth-order valence-corrected chi connectivity index (χ4v) is 1.38. The summed E-state index contributed by atoms with van der Waals surface area (Å²) in [4.78, 5) is 8.52. The van der Waals surface area contributed by atoms with Crippen molar-refractivity contribution in [2.24, 2.45) is 0 Å². The first-order valence-electron chi connectivity index (χ1n) is 4.52. The molecule has 0 bridgehead atoms. The smallest absolute Gasteiger partial charge is 0.207 e. The van der Waals surface area contributed by atoms with Crippen molar-refractivity contribution in [2.45, 2.75) is 20.8 Å². The third kappa shape index (κ3) is 1.79. The molecule has 4 nitrogen and oxygen atoms in total. The van der Waals surface area contributed by atoms with Crippen LogP contribution in [0.15, 0.2) is 15.2 Å². The fourth-order valence-electron chi connectivity index (χ4n) is 1.19. The largest absolute Gasteiger partial charge is 0.352 e. The molecule has 5 heteroatoms. The number of aryl methyl sites for hydroxylation is 2. The highest BCUT2D eigenvalue weighted by Crippen LogP contribution is 2.23. The van der Waals surface area contributed by atoms with Gasteiger partial charge in [0.15, 0.2) is 5.82 Å². The van der Waals surface area contributed by atoms with Gasteiger partial charge in [0.25, 0.3) is 0 Å². The van der Waals surface area contributed by atoms with Crippen LogP contribution in [-0.4, -0.2) is 15.1 Å². The zero-order valence-electron chi connectivity index (χ0n) is 8.71. The van der Waals surface area contributed by atoms with Gasteiger partial charge in [0.05, 0.1) is 15.9 Å². The summed E-state index contributed by atoms with van der Waals surface area (Å²) in [5.74, 6) is 1.22. The molecule has 0 radical (unpaired) electrons. The average Bonchev–Trinajstić information content (AvgIpc) is 2.53. The molecular formula is C10H10BrN3O. The minimum Gasteiger partial charge on any atom is -0.352 e. The van der Waals surface area contributed by atoms with E-state index in [1.54, 1.807) is 6.20 Å². The maximum absolute atomic E-state index is 5.19. The monoisotopic (exact) mass is 267 g/mol. The van der Waals surface area contributed by atoms with E-state index in [0.717, 1.165) is 21.4 Å². The van der Waals surface area contributed by atoms with E-state index in [2.05, 4.69) is 31.1 Å². The number of halogens is 1.